The van der Waals surface area contributed by atoms with Gasteiger partial charge in [0.2, 0.25) is 0 Å². The molecule has 7 nitrogen and oxygen atoms in total. The second-order valence-corrected chi connectivity index (χ2v) is 8.99. The van der Waals surface area contributed by atoms with Gasteiger partial charge in [0.05, 0.1) is 5.02 Å². The normalized spacial score (nSPS) is 29.2. The summed E-state index contributed by atoms with van der Waals surface area (Å²) in [6, 6.07) is 6.21. The second kappa shape index (κ2) is 8.22. The molecule has 0 unspecified atom stereocenters. The second-order valence-electron chi connectivity index (χ2n) is 8.58. The summed E-state index contributed by atoms with van der Waals surface area (Å²) >= 11 is 5.93. The first-order valence-corrected chi connectivity index (χ1v) is 10.4. The number of imide groups is 1. The summed E-state index contributed by atoms with van der Waals surface area (Å²) in [5.41, 5.74) is -0.182. The van der Waals surface area contributed by atoms with Crippen LogP contribution in [0.5, 0.6) is 5.75 Å². The van der Waals surface area contributed by atoms with Crippen molar-refractivity contribution in [2.75, 3.05) is 13.2 Å². The van der Waals surface area contributed by atoms with E-state index in [1.54, 1.807) is 24.3 Å². The third-order valence-corrected chi connectivity index (χ3v) is 6.53. The van der Waals surface area contributed by atoms with Gasteiger partial charge in [0.1, 0.15) is 5.75 Å². The number of hydrogen-bond acceptors (Lipinski definition) is 5. The van der Waals surface area contributed by atoms with Gasteiger partial charge in [-0.2, -0.15) is 0 Å². The zero-order valence-electron chi connectivity index (χ0n) is 16.1. The van der Waals surface area contributed by atoms with Crippen LogP contribution in [-0.4, -0.2) is 36.7 Å². The lowest BCUT2D eigenvalue weighted by Crippen LogP contribution is -2.62. The minimum Gasteiger partial charge on any atom is -0.480 e. The Hall–Kier alpha value is -2.28. The molecule has 0 saturated heterocycles. The van der Waals surface area contributed by atoms with E-state index in [1.165, 1.54) is 19.3 Å². The maximum absolute atomic E-state index is 12.3. The number of ether oxygens (including phenoxy) is 2. The number of benzene rings is 1. The van der Waals surface area contributed by atoms with Gasteiger partial charge in [0.25, 0.3) is 5.91 Å². The highest BCUT2D eigenvalue weighted by Gasteiger charge is 2.51. The highest BCUT2D eigenvalue weighted by Crippen LogP contribution is 2.55. The van der Waals surface area contributed by atoms with Crippen LogP contribution in [-0.2, 0) is 14.3 Å². The number of urea groups is 1. The number of rotatable bonds is 6. The number of carbonyl (C=O) groups is 3. The standard InChI is InChI=1S/C21H25ClN2O5/c22-16-3-1-2-4-17(16)28-12-19(26)29-11-18(25)23-20(27)24-21-8-13-5-14(9-21)7-15(6-13)10-21/h1-4,13-15H,5-12H2,(H2,23,24,25,27). The van der Waals surface area contributed by atoms with Gasteiger partial charge in [-0.3, -0.25) is 10.1 Å². The third-order valence-electron chi connectivity index (χ3n) is 6.22. The number of carbonyl (C=O) groups excluding carboxylic acids is 3. The van der Waals surface area contributed by atoms with E-state index in [9.17, 15) is 14.4 Å². The summed E-state index contributed by atoms with van der Waals surface area (Å²) in [4.78, 5) is 36.0. The predicted molar refractivity (Wildman–Crippen MR) is 105 cm³/mol. The van der Waals surface area contributed by atoms with Crippen LogP contribution in [0.15, 0.2) is 24.3 Å². The molecule has 29 heavy (non-hydrogen) atoms. The fraction of sp³-hybridized carbons (Fsp3) is 0.571. The molecule has 3 amide bonds. The lowest BCUT2D eigenvalue weighted by molar-refractivity contribution is -0.150. The smallest absolute Gasteiger partial charge is 0.344 e. The highest BCUT2D eigenvalue weighted by atomic mass is 35.5. The highest BCUT2D eigenvalue weighted by molar-refractivity contribution is 6.32. The van der Waals surface area contributed by atoms with Crippen molar-refractivity contribution in [3.05, 3.63) is 29.3 Å². The summed E-state index contributed by atoms with van der Waals surface area (Å²) < 4.78 is 10.1. The molecular formula is C21H25ClN2O5. The van der Waals surface area contributed by atoms with E-state index >= 15 is 0 Å². The Morgan fingerprint density at radius 2 is 1.62 bits per heavy atom. The van der Waals surface area contributed by atoms with Crippen molar-refractivity contribution < 1.29 is 23.9 Å². The Morgan fingerprint density at radius 3 is 2.24 bits per heavy atom. The molecular weight excluding hydrogens is 396 g/mol. The SMILES string of the molecule is O=C(COC(=O)COc1ccccc1Cl)NC(=O)NC12CC3CC(CC(C3)C1)C2. The molecule has 4 bridgehead atoms. The molecule has 0 radical (unpaired) electrons. The van der Waals surface area contributed by atoms with E-state index < -0.39 is 24.5 Å². The van der Waals surface area contributed by atoms with Crippen molar-refractivity contribution in [1.82, 2.24) is 10.6 Å². The summed E-state index contributed by atoms with van der Waals surface area (Å²) in [6.45, 7) is -0.921. The quantitative estimate of drug-likeness (QED) is 0.690. The molecule has 4 aliphatic carbocycles. The van der Waals surface area contributed by atoms with Gasteiger partial charge in [-0.25, -0.2) is 9.59 Å². The van der Waals surface area contributed by atoms with Gasteiger partial charge in [0.15, 0.2) is 13.2 Å². The van der Waals surface area contributed by atoms with Crippen molar-refractivity contribution in [2.45, 2.75) is 44.1 Å². The van der Waals surface area contributed by atoms with Gasteiger partial charge in [-0.1, -0.05) is 23.7 Å². The average Bonchev–Trinajstić information content (AvgIpc) is 2.64. The van der Waals surface area contributed by atoms with Gasteiger partial charge in [0, 0.05) is 5.54 Å². The first-order valence-electron chi connectivity index (χ1n) is 10.1. The summed E-state index contributed by atoms with van der Waals surface area (Å²) in [7, 11) is 0. The zero-order chi connectivity index (χ0) is 20.4. The summed E-state index contributed by atoms with van der Waals surface area (Å²) in [5.74, 6) is 1.04. The van der Waals surface area contributed by atoms with Crippen molar-refractivity contribution in [3.63, 3.8) is 0 Å². The van der Waals surface area contributed by atoms with Crippen molar-refractivity contribution in [3.8, 4) is 5.75 Å². The maximum atomic E-state index is 12.3. The number of nitrogens with one attached hydrogen (secondary N) is 2. The molecule has 0 spiro atoms. The Kier molecular flexibility index (Phi) is 5.67. The first-order chi connectivity index (χ1) is 13.9. The van der Waals surface area contributed by atoms with Gasteiger partial charge in [-0.05, 0) is 68.4 Å². The fourth-order valence-electron chi connectivity index (χ4n) is 5.58. The van der Waals surface area contributed by atoms with Crippen LogP contribution in [0.3, 0.4) is 0 Å². The lowest BCUT2D eigenvalue weighted by Gasteiger charge is -2.56. The van der Waals surface area contributed by atoms with Gasteiger partial charge >= 0.3 is 12.0 Å². The van der Waals surface area contributed by atoms with E-state index in [1.807, 2.05) is 0 Å². The molecule has 2 N–H and O–H groups in total. The lowest BCUT2D eigenvalue weighted by atomic mass is 9.53. The number of hydrogen-bond donors (Lipinski definition) is 2. The predicted octanol–water partition coefficient (Wildman–Crippen LogP) is 3.06. The van der Waals surface area contributed by atoms with Gasteiger partial charge < -0.3 is 14.8 Å². The minimum absolute atomic E-state index is 0.182. The maximum Gasteiger partial charge on any atom is 0.344 e. The third kappa shape index (κ3) is 4.83. The average molecular weight is 421 g/mol. The number of halogens is 1. The number of amides is 3. The minimum atomic E-state index is -0.721. The number of esters is 1. The fourth-order valence-corrected chi connectivity index (χ4v) is 5.77. The molecule has 1 aromatic carbocycles. The summed E-state index contributed by atoms with van der Waals surface area (Å²) in [6.07, 6.45) is 6.80. The molecule has 4 fully saturated rings. The van der Waals surface area contributed by atoms with Gasteiger partial charge in [-0.15, -0.1) is 0 Å². The van der Waals surface area contributed by atoms with E-state index in [-0.39, 0.29) is 12.1 Å². The van der Waals surface area contributed by atoms with Crippen LogP contribution in [0.2, 0.25) is 5.02 Å². The Labute approximate surface area is 174 Å². The molecule has 0 heterocycles. The van der Waals surface area contributed by atoms with Crippen molar-refractivity contribution in [1.29, 1.82) is 0 Å². The molecule has 156 valence electrons. The van der Waals surface area contributed by atoms with Crippen LogP contribution in [0.1, 0.15) is 38.5 Å². The van der Waals surface area contributed by atoms with Crippen molar-refractivity contribution >= 4 is 29.5 Å². The van der Waals surface area contributed by atoms with Crippen LogP contribution in [0.25, 0.3) is 0 Å². The molecule has 4 saturated carbocycles. The molecule has 4 aliphatic rings. The van der Waals surface area contributed by atoms with E-state index in [4.69, 9.17) is 21.1 Å². The molecule has 5 rings (SSSR count). The topological polar surface area (TPSA) is 93.7 Å². The molecule has 0 atom stereocenters. The van der Waals surface area contributed by atoms with Crippen LogP contribution in [0, 0.1) is 17.8 Å². The van der Waals surface area contributed by atoms with Crippen molar-refractivity contribution in [2.24, 2.45) is 17.8 Å². The Balaban J connectivity index is 1.18. The van der Waals surface area contributed by atoms with Crippen LogP contribution in [0.4, 0.5) is 4.79 Å². The molecule has 1 aromatic rings. The van der Waals surface area contributed by atoms with Crippen LogP contribution >= 0.6 is 11.6 Å². The Bertz CT molecular complexity index is 777. The van der Waals surface area contributed by atoms with E-state index in [0.29, 0.717) is 28.5 Å². The van der Waals surface area contributed by atoms with E-state index in [0.717, 1.165) is 19.3 Å². The number of para-hydroxylation sites is 1. The molecule has 0 aromatic heterocycles. The molecule has 8 heteroatoms. The monoisotopic (exact) mass is 420 g/mol. The zero-order valence-corrected chi connectivity index (χ0v) is 16.9. The molecule has 0 aliphatic heterocycles. The first kappa shape index (κ1) is 20.0. The van der Waals surface area contributed by atoms with E-state index in [2.05, 4.69) is 10.6 Å². The Morgan fingerprint density at radius 1 is 1.00 bits per heavy atom. The largest absolute Gasteiger partial charge is 0.480 e. The van der Waals surface area contributed by atoms with Crippen LogP contribution < -0.4 is 15.4 Å². The summed E-state index contributed by atoms with van der Waals surface area (Å²) in [5, 5.41) is 5.68.